The summed E-state index contributed by atoms with van der Waals surface area (Å²) >= 11 is 0. The third-order valence-corrected chi connectivity index (χ3v) is 6.50. The number of ether oxygens (including phenoxy) is 1. The van der Waals surface area contributed by atoms with Crippen LogP contribution in [-0.2, 0) is 6.54 Å². The lowest BCUT2D eigenvalue weighted by molar-refractivity contribution is 0.0470. The second-order valence-corrected chi connectivity index (χ2v) is 8.39. The van der Waals surface area contributed by atoms with Crippen molar-refractivity contribution in [2.24, 2.45) is 0 Å². The summed E-state index contributed by atoms with van der Waals surface area (Å²) in [6.45, 7) is 5.36. The molecule has 3 heterocycles. The zero-order valence-electron chi connectivity index (χ0n) is 17.1. The van der Waals surface area contributed by atoms with Crippen LogP contribution in [0.15, 0.2) is 72.8 Å². The molecule has 3 aromatic rings. The van der Waals surface area contributed by atoms with Crippen LogP contribution < -0.4 is 10.1 Å². The van der Waals surface area contributed by atoms with Gasteiger partial charge in [0.2, 0.25) is 0 Å². The monoisotopic (exact) mass is 384 g/mol. The van der Waals surface area contributed by atoms with Crippen molar-refractivity contribution in [3.8, 4) is 16.9 Å². The summed E-state index contributed by atoms with van der Waals surface area (Å²) in [7, 11) is 1.73. The molecular weight excluding hydrogens is 356 g/mol. The summed E-state index contributed by atoms with van der Waals surface area (Å²) in [5.74, 6) is 1.57. The number of benzene rings is 3. The molecule has 0 spiro atoms. The molecule has 3 nitrogen and oxygen atoms in total. The summed E-state index contributed by atoms with van der Waals surface area (Å²) in [6.07, 6.45) is 0. The van der Waals surface area contributed by atoms with Gasteiger partial charge < -0.3 is 10.1 Å². The van der Waals surface area contributed by atoms with Crippen molar-refractivity contribution >= 4 is 0 Å². The maximum absolute atomic E-state index is 5.37. The van der Waals surface area contributed by atoms with Crippen LogP contribution in [0.3, 0.4) is 0 Å². The molecule has 0 aromatic heterocycles. The van der Waals surface area contributed by atoms with E-state index in [-0.39, 0.29) is 0 Å². The second-order valence-electron chi connectivity index (χ2n) is 8.39. The first-order valence-electron chi connectivity index (χ1n) is 10.5. The lowest BCUT2D eigenvalue weighted by Crippen LogP contribution is -2.71. The highest BCUT2D eigenvalue weighted by molar-refractivity contribution is 5.67. The maximum atomic E-state index is 5.37. The average molecular weight is 385 g/mol. The van der Waals surface area contributed by atoms with Gasteiger partial charge in [0.1, 0.15) is 5.75 Å². The number of hydrogen-bond donors (Lipinski definition) is 1. The summed E-state index contributed by atoms with van der Waals surface area (Å²) < 4.78 is 5.37. The predicted octanol–water partition coefficient (Wildman–Crippen LogP) is 4.61. The number of aryl methyl sites for hydroxylation is 1. The molecule has 0 saturated carbocycles. The minimum Gasteiger partial charge on any atom is -0.497 e. The molecule has 3 atom stereocenters. The van der Waals surface area contributed by atoms with Crippen LogP contribution in [-0.4, -0.2) is 37.2 Å². The molecule has 3 aliphatic heterocycles. The van der Waals surface area contributed by atoms with Crippen LogP contribution in [0.4, 0.5) is 0 Å². The van der Waals surface area contributed by atoms with Crippen LogP contribution in [0.2, 0.25) is 0 Å². The van der Waals surface area contributed by atoms with Gasteiger partial charge in [0.15, 0.2) is 0 Å². The molecule has 0 radical (unpaired) electrons. The predicted molar refractivity (Wildman–Crippen MR) is 118 cm³/mol. The number of piperazine rings is 1. The van der Waals surface area contributed by atoms with Gasteiger partial charge >= 0.3 is 0 Å². The number of methoxy groups -OCH3 is 1. The molecule has 0 amide bonds. The van der Waals surface area contributed by atoms with Gasteiger partial charge in [-0.25, -0.2) is 0 Å². The Morgan fingerprint density at radius 2 is 1.69 bits per heavy atom. The van der Waals surface area contributed by atoms with E-state index in [4.69, 9.17) is 4.74 Å². The second kappa shape index (κ2) is 7.66. The molecule has 29 heavy (non-hydrogen) atoms. The number of nitrogens with zero attached hydrogens (tertiary/aromatic N) is 1. The fourth-order valence-electron chi connectivity index (χ4n) is 5.01. The SMILES string of the molecule is COc1cccc(CN2C[C@@H]3N[C@H](C2)C3c2ccc(-c3ccccc3C)cc2)c1. The minimum absolute atomic E-state index is 0.545. The first-order chi connectivity index (χ1) is 14.2. The summed E-state index contributed by atoms with van der Waals surface area (Å²) in [6, 6.07) is 27.4. The third kappa shape index (κ3) is 3.57. The Kier molecular flexibility index (Phi) is 4.86. The molecule has 148 valence electrons. The van der Waals surface area contributed by atoms with Crippen molar-refractivity contribution in [3.63, 3.8) is 0 Å². The molecule has 0 aliphatic carbocycles. The van der Waals surface area contributed by atoms with Crippen LogP contribution >= 0.6 is 0 Å². The zero-order chi connectivity index (χ0) is 19.8. The average Bonchev–Trinajstić information content (AvgIpc) is 2.75. The highest BCUT2D eigenvalue weighted by Gasteiger charge is 2.46. The van der Waals surface area contributed by atoms with E-state index in [1.807, 2.05) is 6.07 Å². The fourth-order valence-corrected chi connectivity index (χ4v) is 5.01. The van der Waals surface area contributed by atoms with Crippen molar-refractivity contribution in [1.82, 2.24) is 10.2 Å². The molecule has 1 N–H and O–H groups in total. The Morgan fingerprint density at radius 3 is 2.41 bits per heavy atom. The largest absolute Gasteiger partial charge is 0.497 e. The van der Waals surface area contributed by atoms with Crippen molar-refractivity contribution in [2.75, 3.05) is 20.2 Å². The van der Waals surface area contributed by atoms with Crippen molar-refractivity contribution in [2.45, 2.75) is 31.5 Å². The van der Waals surface area contributed by atoms with Crippen LogP contribution in [0, 0.1) is 6.92 Å². The summed E-state index contributed by atoms with van der Waals surface area (Å²) in [5.41, 5.74) is 6.76. The highest BCUT2D eigenvalue weighted by atomic mass is 16.5. The lowest BCUT2D eigenvalue weighted by Gasteiger charge is -2.55. The van der Waals surface area contributed by atoms with Crippen molar-refractivity contribution in [3.05, 3.63) is 89.5 Å². The number of rotatable bonds is 5. The van der Waals surface area contributed by atoms with E-state index in [0.717, 1.165) is 25.4 Å². The topological polar surface area (TPSA) is 24.5 Å². The molecule has 3 heteroatoms. The van der Waals surface area contributed by atoms with E-state index in [1.165, 1.54) is 27.8 Å². The van der Waals surface area contributed by atoms with Gasteiger partial charge in [-0.15, -0.1) is 0 Å². The molecule has 3 aromatic carbocycles. The fraction of sp³-hybridized carbons (Fsp3) is 0.308. The number of hydrogen-bond acceptors (Lipinski definition) is 3. The first kappa shape index (κ1) is 18.4. The molecular formula is C26H28N2O. The van der Waals surface area contributed by atoms with Crippen LogP contribution in [0.25, 0.3) is 11.1 Å². The Bertz CT molecular complexity index is 986. The minimum atomic E-state index is 0.545. The van der Waals surface area contributed by atoms with Crippen LogP contribution in [0.1, 0.15) is 22.6 Å². The Labute approximate surface area is 173 Å². The van der Waals surface area contributed by atoms with E-state index in [0.29, 0.717) is 18.0 Å². The molecule has 3 aliphatic rings. The van der Waals surface area contributed by atoms with Gasteiger partial charge in [-0.3, -0.25) is 4.90 Å². The van der Waals surface area contributed by atoms with E-state index in [2.05, 4.69) is 83.9 Å². The van der Waals surface area contributed by atoms with Gasteiger partial charge in [-0.2, -0.15) is 0 Å². The number of piperidine rings is 1. The Hall–Kier alpha value is -2.62. The van der Waals surface area contributed by atoms with Gasteiger partial charge in [0.05, 0.1) is 7.11 Å². The highest BCUT2D eigenvalue weighted by Crippen LogP contribution is 2.38. The molecule has 2 bridgehead atoms. The quantitative estimate of drug-likeness (QED) is 0.695. The standard InChI is InChI=1S/C26H28N2O/c1-18-6-3-4-9-23(18)20-10-12-21(13-11-20)26-24-16-28(17-25(26)27-24)15-19-7-5-8-22(14-19)29-2/h3-14,24-27H,15-17H2,1-2H3/t24-,25+,26?. The zero-order valence-corrected chi connectivity index (χ0v) is 17.1. The van der Waals surface area contributed by atoms with Gasteiger partial charge in [0.25, 0.3) is 0 Å². The van der Waals surface area contributed by atoms with Gasteiger partial charge in [-0.05, 0) is 46.9 Å². The third-order valence-electron chi connectivity index (χ3n) is 6.50. The molecule has 1 unspecified atom stereocenters. The normalized spacial score (nSPS) is 23.4. The first-order valence-corrected chi connectivity index (χ1v) is 10.5. The maximum Gasteiger partial charge on any atom is 0.119 e. The van der Waals surface area contributed by atoms with Crippen molar-refractivity contribution < 1.29 is 4.74 Å². The smallest absolute Gasteiger partial charge is 0.119 e. The van der Waals surface area contributed by atoms with Gasteiger partial charge in [0, 0.05) is 37.6 Å². The summed E-state index contributed by atoms with van der Waals surface area (Å²) in [4.78, 5) is 2.57. The lowest BCUT2D eigenvalue weighted by atomic mass is 9.74. The molecule has 3 saturated heterocycles. The van der Waals surface area contributed by atoms with E-state index < -0.39 is 0 Å². The Balaban J connectivity index is 1.26. The number of fused-ring (bicyclic) bond motifs is 2. The van der Waals surface area contributed by atoms with E-state index >= 15 is 0 Å². The van der Waals surface area contributed by atoms with Crippen molar-refractivity contribution in [1.29, 1.82) is 0 Å². The van der Waals surface area contributed by atoms with E-state index in [1.54, 1.807) is 7.11 Å². The molecule has 3 fully saturated rings. The van der Waals surface area contributed by atoms with Gasteiger partial charge in [-0.1, -0.05) is 60.7 Å². The number of nitrogens with one attached hydrogen (secondary N) is 1. The van der Waals surface area contributed by atoms with E-state index in [9.17, 15) is 0 Å². The Morgan fingerprint density at radius 1 is 0.931 bits per heavy atom. The van der Waals surface area contributed by atoms with Crippen LogP contribution in [0.5, 0.6) is 5.75 Å². The molecule has 6 rings (SSSR count). The summed E-state index contributed by atoms with van der Waals surface area (Å²) in [5, 5.41) is 3.76.